The fourth-order valence-electron chi connectivity index (χ4n) is 2.25. The van der Waals surface area contributed by atoms with E-state index in [4.69, 9.17) is 11.6 Å². The van der Waals surface area contributed by atoms with E-state index in [1.165, 1.54) is 25.1 Å². The molecule has 1 heterocycles. The van der Waals surface area contributed by atoms with Crippen LogP contribution in [0, 0.1) is 5.92 Å². The summed E-state index contributed by atoms with van der Waals surface area (Å²) in [6, 6.07) is 3.62. The minimum Gasteiger partial charge on any atom is -0.299 e. The van der Waals surface area contributed by atoms with Gasteiger partial charge in [0, 0.05) is 10.9 Å². The van der Waals surface area contributed by atoms with Crippen LogP contribution in [-0.2, 0) is 14.4 Å². The normalized spacial score (nSPS) is 16.7. The van der Waals surface area contributed by atoms with Crippen molar-refractivity contribution < 1.29 is 19.2 Å². The van der Waals surface area contributed by atoms with E-state index in [-0.39, 0.29) is 11.5 Å². The molecule has 1 N–H and O–H groups in total. The average Bonchev–Trinajstić information content (AvgIpc) is 2.69. The van der Waals surface area contributed by atoms with Gasteiger partial charge in [0.25, 0.3) is 0 Å². The number of imide groups is 2. The maximum atomic E-state index is 12.4. The standard InChI is InChI=1S/C15H15ClN2O4/c1-7(2)13(20)17-15(22)18-11-5-4-9(16)6-10(11)12(8(3)19)14(18)21/h4-7,12H,1-3H3,(H,17,20,22). The van der Waals surface area contributed by atoms with Gasteiger partial charge >= 0.3 is 6.03 Å². The Bertz CT molecular complexity index is 684. The van der Waals surface area contributed by atoms with Crippen LogP contribution in [0.4, 0.5) is 10.5 Å². The van der Waals surface area contributed by atoms with E-state index in [0.29, 0.717) is 10.6 Å². The number of Topliss-reactive ketones (excluding diaryl/α,β-unsaturated/α-hetero) is 1. The zero-order valence-corrected chi connectivity index (χ0v) is 13.1. The highest BCUT2D eigenvalue weighted by Gasteiger charge is 2.43. The number of urea groups is 1. The maximum absolute atomic E-state index is 12.4. The molecule has 0 saturated heterocycles. The van der Waals surface area contributed by atoms with E-state index in [9.17, 15) is 19.2 Å². The summed E-state index contributed by atoms with van der Waals surface area (Å²) in [5.41, 5.74) is 0.640. The van der Waals surface area contributed by atoms with Crippen LogP contribution in [0.5, 0.6) is 0 Å². The number of hydrogen-bond acceptors (Lipinski definition) is 4. The number of carbonyl (C=O) groups excluding carboxylic acids is 4. The second-order valence-corrected chi connectivity index (χ2v) is 5.81. The number of nitrogens with zero attached hydrogens (tertiary/aromatic N) is 1. The SMILES string of the molecule is CC(=O)C1C(=O)N(C(=O)NC(=O)C(C)C)c2ccc(Cl)cc21. The van der Waals surface area contributed by atoms with E-state index in [2.05, 4.69) is 5.32 Å². The Morgan fingerprint density at radius 3 is 2.45 bits per heavy atom. The van der Waals surface area contributed by atoms with Crippen molar-refractivity contribution in [2.75, 3.05) is 4.90 Å². The number of carbonyl (C=O) groups is 4. The lowest BCUT2D eigenvalue weighted by Crippen LogP contribution is -2.46. The molecule has 1 aliphatic rings. The number of anilines is 1. The molecule has 0 bridgehead atoms. The quantitative estimate of drug-likeness (QED) is 0.846. The van der Waals surface area contributed by atoms with Gasteiger partial charge in [-0.05, 0) is 30.7 Å². The first-order valence-electron chi connectivity index (χ1n) is 6.72. The topological polar surface area (TPSA) is 83.6 Å². The number of nitrogens with one attached hydrogen (secondary N) is 1. The maximum Gasteiger partial charge on any atom is 0.335 e. The Labute approximate surface area is 132 Å². The van der Waals surface area contributed by atoms with E-state index < -0.39 is 29.7 Å². The van der Waals surface area contributed by atoms with Gasteiger partial charge in [-0.2, -0.15) is 0 Å². The first kappa shape index (κ1) is 16.2. The van der Waals surface area contributed by atoms with E-state index >= 15 is 0 Å². The van der Waals surface area contributed by atoms with E-state index in [1.807, 2.05) is 0 Å². The molecule has 116 valence electrons. The highest BCUT2D eigenvalue weighted by molar-refractivity contribution is 6.32. The summed E-state index contributed by atoms with van der Waals surface area (Å²) < 4.78 is 0. The van der Waals surface area contributed by atoms with Gasteiger partial charge < -0.3 is 0 Å². The molecule has 0 radical (unpaired) electrons. The van der Waals surface area contributed by atoms with Crippen molar-refractivity contribution in [1.29, 1.82) is 0 Å². The number of ketones is 1. The van der Waals surface area contributed by atoms with Crippen molar-refractivity contribution in [2.45, 2.75) is 26.7 Å². The number of hydrogen-bond donors (Lipinski definition) is 1. The summed E-state index contributed by atoms with van der Waals surface area (Å²) >= 11 is 5.90. The minimum atomic E-state index is -1.08. The molecule has 4 amide bonds. The van der Waals surface area contributed by atoms with Crippen LogP contribution in [-0.4, -0.2) is 23.6 Å². The first-order valence-corrected chi connectivity index (χ1v) is 7.10. The van der Waals surface area contributed by atoms with Crippen molar-refractivity contribution in [1.82, 2.24) is 5.32 Å². The van der Waals surface area contributed by atoms with Crippen molar-refractivity contribution in [2.24, 2.45) is 5.92 Å². The third-order valence-corrected chi connectivity index (χ3v) is 3.61. The van der Waals surface area contributed by atoms with Crippen LogP contribution in [0.2, 0.25) is 5.02 Å². The highest BCUT2D eigenvalue weighted by Crippen LogP contribution is 2.39. The molecule has 2 rings (SSSR count). The summed E-state index contributed by atoms with van der Waals surface area (Å²) in [6.07, 6.45) is 0. The average molecular weight is 323 g/mol. The third kappa shape index (κ3) is 2.74. The molecule has 0 spiro atoms. The Morgan fingerprint density at radius 2 is 1.91 bits per heavy atom. The number of amides is 4. The number of rotatable bonds is 2. The molecular weight excluding hydrogens is 308 g/mol. The van der Waals surface area contributed by atoms with Crippen LogP contribution >= 0.6 is 11.6 Å². The molecule has 1 atom stereocenters. The number of halogens is 1. The third-order valence-electron chi connectivity index (χ3n) is 3.37. The largest absolute Gasteiger partial charge is 0.335 e. The Morgan fingerprint density at radius 1 is 1.27 bits per heavy atom. The summed E-state index contributed by atoms with van der Waals surface area (Å²) in [6.45, 7) is 4.52. The van der Waals surface area contributed by atoms with Crippen LogP contribution in [0.25, 0.3) is 0 Å². The summed E-state index contributed by atoms with van der Waals surface area (Å²) in [5.74, 6) is -3.05. The molecule has 1 aromatic rings. The van der Waals surface area contributed by atoms with Crippen LogP contribution < -0.4 is 10.2 Å². The van der Waals surface area contributed by atoms with Gasteiger partial charge in [0.15, 0.2) is 0 Å². The molecule has 1 unspecified atom stereocenters. The molecule has 0 aliphatic carbocycles. The molecule has 0 saturated carbocycles. The Kier molecular flexibility index (Phi) is 4.32. The minimum absolute atomic E-state index is 0.267. The fraction of sp³-hybridized carbons (Fsp3) is 0.333. The van der Waals surface area contributed by atoms with E-state index in [1.54, 1.807) is 13.8 Å². The van der Waals surface area contributed by atoms with E-state index in [0.717, 1.165) is 4.90 Å². The summed E-state index contributed by atoms with van der Waals surface area (Å²) in [4.78, 5) is 48.8. The second kappa shape index (κ2) is 5.88. The van der Waals surface area contributed by atoms with Gasteiger partial charge in [0.1, 0.15) is 11.7 Å². The molecule has 22 heavy (non-hydrogen) atoms. The molecule has 1 aliphatic heterocycles. The second-order valence-electron chi connectivity index (χ2n) is 5.37. The van der Waals surface area contributed by atoms with Gasteiger partial charge in [-0.25, -0.2) is 9.69 Å². The molecule has 0 fully saturated rings. The van der Waals surface area contributed by atoms with Crippen molar-refractivity contribution in [3.8, 4) is 0 Å². The van der Waals surface area contributed by atoms with Gasteiger partial charge in [-0.1, -0.05) is 25.4 Å². The predicted octanol–water partition coefficient (Wildman–Crippen LogP) is 2.25. The predicted molar refractivity (Wildman–Crippen MR) is 80.7 cm³/mol. The fourth-order valence-corrected chi connectivity index (χ4v) is 2.43. The van der Waals surface area contributed by atoms with Crippen LogP contribution in [0.15, 0.2) is 18.2 Å². The highest BCUT2D eigenvalue weighted by atomic mass is 35.5. The molecule has 1 aromatic carbocycles. The molecule has 7 heteroatoms. The zero-order chi connectivity index (χ0) is 16.6. The zero-order valence-electron chi connectivity index (χ0n) is 12.3. The number of fused-ring (bicyclic) bond motifs is 1. The molecule has 0 aromatic heterocycles. The molecular formula is C15H15ClN2O4. The number of benzene rings is 1. The Hall–Kier alpha value is -2.21. The summed E-state index contributed by atoms with van der Waals surface area (Å²) in [5, 5.41) is 2.51. The van der Waals surface area contributed by atoms with Crippen LogP contribution in [0.1, 0.15) is 32.3 Å². The summed E-state index contributed by atoms with van der Waals surface area (Å²) in [7, 11) is 0. The van der Waals surface area contributed by atoms with Gasteiger partial charge in [-0.3, -0.25) is 19.7 Å². The van der Waals surface area contributed by atoms with Crippen molar-refractivity contribution in [3.05, 3.63) is 28.8 Å². The lowest BCUT2D eigenvalue weighted by Gasteiger charge is -2.16. The lowest BCUT2D eigenvalue weighted by atomic mass is 9.97. The molecule has 6 nitrogen and oxygen atoms in total. The van der Waals surface area contributed by atoms with Gasteiger partial charge in [-0.15, -0.1) is 0 Å². The lowest BCUT2D eigenvalue weighted by molar-refractivity contribution is -0.126. The van der Waals surface area contributed by atoms with Crippen LogP contribution in [0.3, 0.4) is 0 Å². The van der Waals surface area contributed by atoms with Gasteiger partial charge in [0.2, 0.25) is 11.8 Å². The van der Waals surface area contributed by atoms with Gasteiger partial charge in [0.05, 0.1) is 5.69 Å². The first-order chi connectivity index (χ1) is 10.2. The van der Waals surface area contributed by atoms with Crippen molar-refractivity contribution >= 4 is 40.9 Å². The van der Waals surface area contributed by atoms with Crippen molar-refractivity contribution in [3.63, 3.8) is 0 Å². The monoisotopic (exact) mass is 322 g/mol. The smallest absolute Gasteiger partial charge is 0.299 e. The Balaban J connectivity index is 2.42.